The van der Waals surface area contributed by atoms with Crippen LogP contribution in [0.5, 0.6) is 0 Å². The number of nitrogens with one attached hydrogen (secondary N) is 1. The third-order valence-corrected chi connectivity index (χ3v) is 3.41. The zero-order valence-electron chi connectivity index (χ0n) is 10.3. The number of anilines is 1. The lowest BCUT2D eigenvalue weighted by Crippen LogP contribution is -2.14. The second-order valence-corrected chi connectivity index (χ2v) is 5.30. The molecule has 4 nitrogen and oxygen atoms in total. The second-order valence-electron chi connectivity index (χ2n) is 3.61. The predicted molar refractivity (Wildman–Crippen MR) is 77.8 cm³/mol. The van der Waals surface area contributed by atoms with Gasteiger partial charge in [0.05, 0.1) is 18.1 Å². The molecular weight excluding hydrogens is 282 g/mol. The highest BCUT2D eigenvalue weighted by molar-refractivity contribution is 7.99. The molecule has 98 valence electrons. The number of para-hydroxylation sites is 1. The van der Waals surface area contributed by atoms with E-state index in [1.54, 1.807) is 11.8 Å². The van der Waals surface area contributed by atoms with E-state index in [0.29, 0.717) is 0 Å². The SMILES string of the molecule is CCSc1ccccc1NC(=O)c1cncc(Cl)n1. The number of benzene rings is 1. The van der Waals surface area contributed by atoms with Gasteiger partial charge in [-0.2, -0.15) is 0 Å². The molecule has 1 aromatic heterocycles. The number of rotatable bonds is 4. The van der Waals surface area contributed by atoms with E-state index in [2.05, 4.69) is 22.2 Å². The first-order valence-corrected chi connectivity index (χ1v) is 7.07. The van der Waals surface area contributed by atoms with E-state index in [4.69, 9.17) is 11.6 Å². The Hall–Kier alpha value is -1.59. The van der Waals surface area contributed by atoms with Crippen LogP contribution in [0.1, 0.15) is 17.4 Å². The van der Waals surface area contributed by atoms with E-state index in [1.165, 1.54) is 12.4 Å². The average molecular weight is 294 g/mol. The number of amides is 1. The fourth-order valence-corrected chi connectivity index (χ4v) is 2.40. The van der Waals surface area contributed by atoms with Crippen molar-refractivity contribution >= 4 is 35.0 Å². The van der Waals surface area contributed by atoms with E-state index in [9.17, 15) is 4.79 Å². The van der Waals surface area contributed by atoms with Crippen LogP contribution in [0.2, 0.25) is 5.15 Å². The molecule has 2 aromatic rings. The van der Waals surface area contributed by atoms with Crippen molar-refractivity contribution in [3.8, 4) is 0 Å². The van der Waals surface area contributed by atoms with Crippen molar-refractivity contribution in [1.82, 2.24) is 9.97 Å². The van der Waals surface area contributed by atoms with E-state index in [-0.39, 0.29) is 16.8 Å². The Kier molecular flexibility index (Phi) is 4.76. The molecule has 0 radical (unpaired) electrons. The Bertz CT molecular complexity index is 592. The zero-order chi connectivity index (χ0) is 13.7. The Labute approximate surface area is 120 Å². The van der Waals surface area contributed by atoms with Gasteiger partial charge in [0, 0.05) is 4.90 Å². The van der Waals surface area contributed by atoms with Gasteiger partial charge < -0.3 is 5.32 Å². The van der Waals surface area contributed by atoms with Gasteiger partial charge in [-0.1, -0.05) is 30.7 Å². The van der Waals surface area contributed by atoms with Crippen LogP contribution < -0.4 is 5.32 Å². The van der Waals surface area contributed by atoms with Crippen LogP contribution in [-0.2, 0) is 0 Å². The van der Waals surface area contributed by atoms with Crippen molar-refractivity contribution in [2.24, 2.45) is 0 Å². The van der Waals surface area contributed by atoms with E-state index in [0.717, 1.165) is 16.3 Å². The molecule has 0 aliphatic rings. The monoisotopic (exact) mass is 293 g/mol. The number of hydrogen-bond acceptors (Lipinski definition) is 4. The third kappa shape index (κ3) is 3.68. The molecule has 1 N–H and O–H groups in total. The Morgan fingerprint density at radius 3 is 2.89 bits per heavy atom. The second kappa shape index (κ2) is 6.54. The molecular formula is C13H12ClN3OS. The molecule has 0 aliphatic carbocycles. The molecule has 1 aromatic carbocycles. The Morgan fingerprint density at radius 1 is 1.37 bits per heavy atom. The maximum Gasteiger partial charge on any atom is 0.275 e. The van der Waals surface area contributed by atoms with Crippen molar-refractivity contribution < 1.29 is 4.79 Å². The zero-order valence-corrected chi connectivity index (χ0v) is 11.8. The van der Waals surface area contributed by atoms with Crippen molar-refractivity contribution in [2.45, 2.75) is 11.8 Å². The van der Waals surface area contributed by atoms with E-state index >= 15 is 0 Å². The standard InChI is InChI=1S/C13H12ClN3OS/c1-2-19-11-6-4-3-5-9(11)17-13(18)10-7-15-8-12(14)16-10/h3-8H,2H2,1H3,(H,17,18). The van der Waals surface area contributed by atoms with Crippen LogP contribution >= 0.6 is 23.4 Å². The molecule has 1 amide bonds. The maximum atomic E-state index is 12.0. The summed E-state index contributed by atoms with van der Waals surface area (Å²) in [6.07, 6.45) is 2.77. The number of aromatic nitrogens is 2. The topological polar surface area (TPSA) is 54.9 Å². The molecule has 0 spiro atoms. The van der Waals surface area contributed by atoms with Crippen molar-refractivity contribution in [1.29, 1.82) is 0 Å². The molecule has 1 heterocycles. The summed E-state index contributed by atoms with van der Waals surface area (Å²) in [5, 5.41) is 3.02. The largest absolute Gasteiger partial charge is 0.320 e. The average Bonchev–Trinajstić information content (AvgIpc) is 2.41. The molecule has 0 unspecified atom stereocenters. The summed E-state index contributed by atoms with van der Waals surface area (Å²) in [6.45, 7) is 2.06. The molecule has 2 rings (SSSR count). The molecule has 0 saturated carbocycles. The number of carbonyl (C=O) groups excluding carboxylic acids is 1. The van der Waals surface area contributed by atoms with Crippen molar-refractivity contribution in [2.75, 3.05) is 11.1 Å². The summed E-state index contributed by atoms with van der Waals surface area (Å²) in [5.74, 6) is 0.614. The lowest BCUT2D eigenvalue weighted by atomic mass is 10.3. The number of halogens is 1. The minimum atomic E-state index is -0.320. The van der Waals surface area contributed by atoms with Gasteiger partial charge in [-0.3, -0.25) is 9.78 Å². The minimum absolute atomic E-state index is 0.198. The highest BCUT2D eigenvalue weighted by Crippen LogP contribution is 2.26. The summed E-state index contributed by atoms with van der Waals surface area (Å²) < 4.78 is 0. The Balaban J connectivity index is 2.19. The van der Waals surface area contributed by atoms with Gasteiger partial charge in [0.25, 0.3) is 5.91 Å². The first kappa shape index (κ1) is 13.8. The van der Waals surface area contributed by atoms with Gasteiger partial charge in [-0.25, -0.2) is 4.98 Å². The fraction of sp³-hybridized carbons (Fsp3) is 0.154. The van der Waals surface area contributed by atoms with Crippen LogP contribution in [0.3, 0.4) is 0 Å². The molecule has 0 fully saturated rings. The van der Waals surface area contributed by atoms with Crippen LogP contribution in [0.4, 0.5) is 5.69 Å². The van der Waals surface area contributed by atoms with Gasteiger partial charge in [0.15, 0.2) is 0 Å². The smallest absolute Gasteiger partial charge is 0.275 e. The minimum Gasteiger partial charge on any atom is -0.320 e. The Morgan fingerprint density at radius 2 is 2.16 bits per heavy atom. The molecule has 19 heavy (non-hydrogen) atoms. The lowest BCUT2D eigenvalue weighted by molar-refractivity contribution is 0.102. The summed E-state index contributed by atoms with van der Waals surface area (Å²) in [4.78, 5) is 20.8. The molecule has 0 atom stereocenters. The van der Waals surface area contributed by atoms with Crippen LogP contribution in [-0.4, -0.2) is 21.6 Å². The fourth-order valence-electron chi connectivity index (χ4n) is 1.49. The van der Waals surface area contributed by atoms with Gasteiger partial charge in [0.2, 0.25) is 0 Å². The molecule has 0 saturated heterocycles. The normalized spacial score (nSPS) is 10.2. The molecule has 0 aliphatic heterocycles. The van der Waals surface area contributed by atoms with Gasteiger partial charge in [0.1, 0.15) is 10.8 Å². The number of hydrogen-bond donors (Lipinski definition) is 1. The number of nitrogens with zero attached hydrogens (tertiary/aromatic N) is 2. The molecule has 0 bridgehead atoms. The number of carbonyl (C=O) groups is 1. The maximum absolute atomic E-state index is 12.0. The summed E-state index contributed by atoms with van der Waals surface area (Å²) in [5.41, 5.74) is 0.963. The van der Waals surface area contributed by atoms with Gasteiger partial charge in [-0.05, 0) is 17.9 Å². The van der Waals surface area contributed by atoms with Crippen LogP contribution in [0, 0.1) is 0 Å². The van der Waals surface area contributed by atoms with E-state index in [1.807, 2.05) is 24.3 Å². The quantitative estimate of drug-likeness (QED) is 0.877. The number of thioether (sulfide) groups is 1. The summed E-state index contributed by atoms with van der Waals surface area (Å²) in [7, 11) is 0. The third-order valence-electron chi connectivity index (χ3n) is 2.27. The molecule has 6 heteroatoms. The first-order chi connectivity index (χ1) is 9.20. The van der Waals surface area contributed by atoms with Crippen molar-refractivity contribution in [3.05, 3.63) is 47.5 Å². The van der Waals surface area contributed by atoms with E-state index < -0.39 is 0 Å². The van der Waals surface area contributed by atoms with Gasteiger partial charge in [-0.15, -0.1) is 11.8 Å². The highest BCUT2D eigenvalue weighted by atomic mass is 35.5. The predicted octanol–water partition coefficient (Wildman–Crippen LogP) is 3.49. The van der Waals surface area contributed by atoms with Gasteiger partial charge >= 0.3 is 0 Å². The lowest BCUT2D eigenvalue weighted by Gasteiger charge is -2.09. The van der Waals surface area contributed by atoms with Crippen LogP contribution in [0.15, 0.2) is 41.6 Å². The highest BCUT2D eigenvalue weighted by Gasteiger charge is 2.11. The summed E-state index contributed by atoms with van der Waals surface area (Å²) >= 11 is 7.38. The summed E-state index contributed by atoms with van der Waals surface area (Å²) in [6, 6.07) is 7.63. The first-order valence-electron chi connectivity index (χ1n) is 5.71. The van der Waals surface area contributed by atoms with Crippen LogP contribution in [0.25, 0.3) is 0 Å². The van der Waals surface area contributed by atoms with Crippen molar-refractivity contribution in [3.63, 3.8) is 0 Å².